The van der Waals surface area contributed by atoms with Crippen LogP contribution in [0.1, 0.15) is 23.4 Å². The van der Waals surface area contributed by atoms with Gasteiger partial charge in [0.1, 0.15) is 5.75 Å². The molecule has 0 bridgehead atoms. The third-order valence-electron chi connectivity index (χ3n) is 5.00. The lowest BCUT2D eigenvalue weighted by Gasteiger charge is -2.40. The van der Waals surface area contributed by atoms with Crippen molar-refractivity contribution in [2.75, 3.05) is 32.7 Å². The lowest BCUT2D eigenvalue weighted by molar-refractivity contribution is -0.135. The van der Waals surface area contributed by atoms with E-state index >= 15 is 0 Å². The first-order chi connectivity index (χ1) is 13.2. The Balaban J connectivity index is 1.41. The zero-order chi connectivity index (χ0) is 18.6. The molecule has 142 valence electrons. The Bertz CT molecular complexity index is 805. The van der Waals surface area contributed by atoms with Gasteiger partial charge in [-0.2, -0.15) is 0 Å². The molecule has 2 saturated heterocycles. The molecule has 0 saturated carbocycles. The standard InChI is InChI=1S/C20H23N3O4/c24-18-13-21-10-12-23(18)15-5-4-11-22(14-15)20(25)17-8-9-19(27-17)26-16-6-2-1-3-7-16/h1-3,6-9,15,21H,4-5,10-14H2. The molecule has 2 aliphatic heterocycles. The number of rotatable bonds is 4. The molecule has 2 amide bonds. The van der Waals surface area contributed by atoms with Gasteiger partial charge in [0.15, 0.2) is 5.76 Å². The van der Waals surface area contributed by atoms with E-state index in [4.69, 9.17) is 9.15 Å². The van der Waals surface area contributed by atoms with Crippen molar-refractivity contribution >= 4 is 11.8 Å². The Labute approximate surface area is 157 Å². The molecule has 2 aliphatic rings. The summed E-state index contributed by atoms with van der Waals surface area (Å²) < 4.78 is 11.2. The Morgan fingerprint density at radius 3 is 2.81 bits per heavy atom. The summed E-state index contributed by atoms with van der Waals surface area (Å²) in [6.07, 6.45) is 1.80. The van der Waals surface area contributed by atoms with E-state index in [9.17, 15) is 9.59 Å². The number of likely N-dealkylation sites (tertiary alicyclic amines) is 1. The second-order valence-corrected chi connectivity index (χ2v) is 6.84. The number of hydrogen-bond donors (Lipinski definition) is 1. The molecule has 7 heteroatoms. The highest BCUT2D eigenvalue weighted by atomic mass is 16.6. The van der Waals surface area contributed by atoms with Crippen LogP contribution in [0, 0.1) is 0 Å². The Morgan fingerprint density at radius 2 is 2.00 bits per heavy atom. The molecule has 2 aromatic rings. The lowest BCUT2D eigenvalue weighted by Crippen LogP contribution is -2.57. The van der Waals surface area contributed by atoms with Crippen molar-refractivity contribution in [1.82, 2.24) is 15.1 Å². The number of para-hydroxylation sites is 1. The number of ether oxygens (including phenoxy) is 1. The van der Waals surface area contributed by atoms with Gasteiger partial charge in [-0.1, -0.05) is 18.2 Å². The first-order valence-electron chi connectivity index (χ1n) is 9.33. The molecule has 2 fully saturated rings. The topological polar surface area (TPSA) is 75.0 Å². The molecule has 1 unspecified atom stereocenters. The van der Waals surface area contributed by atoms with E-state index in [0.717, 1.165) is 19.4 Å². The molecule has 0 radical (unpaired) electrons. The molecule has 0 spiro atoms. The number of hydrogen-bond acceptors (Lipinski definition) is 5. The van der Waals surface area contributed by atoms with E-state index < -0.39 is 0 Å². The van der Waals surface area contributed by atoms with Gasteiger partial charge in [-0.05, 0) is 31.0 Å². The van der Waals surface area contributed by atoms with Gasteiger partial charge >= 0.3 is 0 Å². The fourth-order valence-corrected chi connectivity index (χ4v) is 3.65. The van der Waals surface area contributed by atoms with Gasteiger partial charge in [0.25, 0.3) is 11.9 Å². The Morgan fingerprint density at radius 1 is 1.15 bits per heavy atom. The van der Waals surface area contributed by atoms with E-state index in [-0.39, 0.29) is 29.6 Å². The van der Waals surface area contributed by atoms with Crippen LogP contribution in [-0.4, -0.2) is 60.4 Å². The molecule has 1 aromatic heterocycles. The van der Waals surface area contributed by atoms with Gasteiger partial charge in [-0.3, -0.25) is 9.59 Å². The Kier molecular flexibility index (Phi) is 5.11. The van der Waals surface area contributed by atoms with Crippen LogP contribution >= 0.6 is 0 Å². The van der Waals surface area contributed by atoms with Gasteiger partial charge in [-0.15, -0.1) is 0 Å². The smallest absolute Gasteiger partial charge is 0.290 e. The molecular formula is C20H23N3O4. The molecule has 1 aromatic carbocycles. The molecule has 4 rings (SSSR count). The van der Waals surface area contributed by atoms with Crippen LogP contribution in [0.3, 0.4) is 0 Å². The minimum atomic E-state index is -0.162. The number of piperazine rings is 1. The number of carbonyl (C=O) groups excluding carboxylic acids is 2. The van der Waals surface area contributed by atoms with Gasteiger partial charge in [0.2, 0.25) is 5.91 Å². The average molecular weight is 369 g/mol. The number of nitrogens with one attached hydrogen (secondary N) is 1. The maximum absolute atomic E-state index is 12.8. The molecule has 7 nitrogen and oxygen atoms in total. The SMILES string of the molecule is O=C(c1ccc(Oc2ccccc2)o1)N1CCCC(N2CCNCC2=O)C1. The summed E-state index contributed by atoms with van der Waals surface area (Å²) >= 11 is 0. The second-order valence-electron chi connectivity index (χ2n) is 6.84. The molecular weight excluding hydrogens is 346 g/mol. The summed E-state index contributed by atoms with van der Waals surface area (Å²) in [7, 11) is 0. The molecule has 27 heavy (non-hydrogen) atoms. The summed E-state index contributed by atoms with van der Waals surface area (Å²) in [6.45, 7) is 3.09. The van der Waals surface area contributed by atoms with Gasteiger partial charge in [-0.25, -0.2) is 0 Å². The highest BCUT2D eigenvalue weighted by Crippen LogP contribution is 2.25. The number of carbonyl (C=O) groups is 2. The van der Waals surface area contributed by atoms with Crippen molar-refractivity contribution in [3.63, 3.8) is 0 Å². The summed E-state index contributed by atoms with van der Waals surface area (Å²) in [5.41, 5.74) is 0. The molecule has 1 N–H and O–H groups in total. The third-order valence-corrected chi connectivity index (χ3v) is 5.00. The number of piperidine rings is 1. The predicted octanol–water partition coefficient (Wildman–Crippen LogP) is 2.11. The van der Waals surface area contributed by atoms with Crippen molar-refractivity contribution in [2.45, 2.75) is 18.9 Å². The maximum Gasteiger partial charge on any atom is 0.290 e. The first-order valence-corrected chi connectivity index (χ1v) is 9.33. The number of nitrogens with zero attached hydrogens (tertiary/aromatic N) is 2. The Hall–Kier alpha value is -2.80. The summed E-state index contributed by atoms with van der Waals surface area (Å²) in [4.78, 5) is 28.7. The summed E-state index contributed by atoms with van der Waals surface area (Å²) in [5, 5.41) is 3.09. The van der Waals surface area contributed by atoms with E-state index in [2.05, 4.69) is 5.32 Å². The van der Waals surface area contributed by atoms with E-state index in [0.29, 0.717) is 31.9 Å². The van der Waals surface area contributed by atoms with Crippen LogP contribution in [-0.2, 0) is 4.79 Å². The maximum atomic E-state index is 12.8. The normalized spacial score (nSPS) is 20.6. The monoisotopic (exact) mass is 369 g/mol. The average Bonchev–Trinajstić information content (AvgIpc) is 3.17. The number of furan rings is 1. The van der Waals surface area contributed by atoms with Crippen molar-refractivity contribution in [2.24, 2.45) is 0 Å². The summed E-state index contributed by atoms with van der Waals surface area (Å²) in [5.74, 6) is 1.15. The third kappa shape index (κ3) is 3.98. The van der Waals surface area contributed by atoms with Gasteiger partial charge in [0.05, 0.1) is 6.54 Å². The van der Waals surface area contributed by atoms with Crippen LogP contribution in [0.15, 0.2) is 46.9 Å². The van der Waals surface area contributed by atoms with Crippen LogP contribution in [0.5, 0.6) is 11.7 Å². The fraction of sp³-hybridized carbons (Fsp3) is 0.400. The fourth-order valence-electron chi connectivity index (χ4n) is 3.65. The first kappa shape index (κ1) is 17.6. The van der Waals surface area contributed by atoms with Gasteiger partial charge < -0.3 is 24.3 Å². The van der Waals surface area contributed by atoms with E-state index in [1.165, 1.54) is 0 Å². The second kappa shape index (κ2) is 7.84. The van der Waals surface area contributed by atoms with Crippen LogP contribution in [0.2, 0.25) is 0 Å². The molecule has 1 atom stereocenters. The lowest BCUT2D eigenvalue weighted by atomic mass is 10.0. The number of benzene rings is 1. The molecule has 0 aliphatic carbocycles. The van der Waals surface area contributed by atoms with Crippen LogP contribution in [0.4, 0.5) is 0 Å². The quantitative estimate of drug-likeness (QED) is 0.893. The van der Waals surface area contributed by atoms with E-state index in [1.54, 1.807) is 17.0 Å². The van der Waals surface area contributed by atoms with Crippen molar-refractivity contribution in [1.29, 1.82) is 0 Å². The molecule has 3 heterocycles. The number of amides is 2. The predicted molar refractivity (Wildman–Crippen MR) is 98.7 cm³/mol. The highest BCUT2D eigenvalue weighted by Gasteiger charge is 2.32. The zero-order valence-electron chi connectivity index (χ0n) is 15.1. The van der Waals surface area contributed by atoms with Crippen molar-refractivity contribution in [3.05, 3.63) is 48.2 Å². The van der Waals surface area contributed by atoms with Crippen molar-refractivity contribution in [3.8, 4) is 11.7 Å². The van der Waals surface area contributed by atoms with E-state index in [1.807, 2.05) is 35.2 Å². The van der Waals surface area contributed by atoms with Crippen molar-refractivity contribution < 1.29 is 18.7 Å². The minimum Gasteiger partial charge on any atom is -0.426 e. The van der Waals surface area contributed by atoms with Crippen LogP contribution in [0.25, 0.3) is 0 Å². The highest BCUT2D eigenvalue weighted by molar-refractivity contribution is 5.91. The van der Waals surface area contributed by atoms with Gasteiger partial charge in [0, 0.05) is 38.3 Å². The van der Waals surface area contributed by atoms with Crippen LogP contribution < -0.4 is 10.1 Å². The minimum absolute atomic E-state index is 0.0762. The zero-order valence-corrected chi connectivity index (χ0v) is 15.1. The largest absolute Gasteiger partial charge is 0.426 e. The summed E-state index contributed by atoms with van der Waals surface area (Å²) in [6, 6.07) is 12.7.